The van der Waals surface area contributed by atoms with Crippen molar-refractivity contribution in [1.82, 2.24) is 24.3 Å². The van der Waals surface area contributed by atoms with E-state index in [2.05, 4.69) is 40.0 Å². The summed E-state index contributed by atoms with van der Waals surface area (Å²) < 4.78 is 1.82. The van der Waals surface area contributed by atoms with Crippen LogP contribution in [0.15, 0.2) is 67.1 Å². The third kappa shape index (κ3) is 5.41. The summed E-state index contributed by atoms with van der Waals surface area (Å²) in [6.45, 7) is 5.84. The zero-order valence-corrected chi connectivity index (χ0v) is 23.4. The fourth-order valence-corrected chi connectivity index (χ4v) is 6.06. The SMILES string of the molecule is C[C@@H]1CN(c2cccc3c2CN(C(=O)CCc2ccc(Cl)cc2)CC3)CCN1C(=O)Cn1cnc2cccnc21. The molecular formula is C31H33ClN6O2. The first-order valence-electron chi connectivity index (χ1n) is 13.9. The van der Waals surface area contributed by atoms with Crippen LogP contribution < -0.4 is 4.90 Å². The van der Waals surface area contributed by atoms with Crippen LogP contribution in [0.2, 0.25) is 5.02 Å². The summed E-state index contributed by atoms with van der Waals surface area (Å²) in [7, 11) is 0. The lowest BCUT2D eigenvalue weighted by Crippen LogP contribution is -2.55. The first kappa shape index (κ1) is 26.3. The smallest absolute Gasteiger partial charge is 0.242 e. The standard InChI is InChI=1S/C31H33ClN6O2/c1-22-18-35(16-17-38(22)30(40)20-37-21-34-27-5-3-14-33-31(27)37)28-6-2-4-24-13-15-36(19-26(24)28)29(39)12-9-23-7-10-25(32)11-8-23/h2-8,10-11,14,21-22H,9,12-13,15-20H2,1H3/t22-/m1/s1. The quantitative estimate of drug-likeness (QED) is 0.353. The van der Waals surface area contributed by atoms with Gasteiger partial charge in [-0.15, -0.1) is 0 Å². The molecule has 0 N–H and O–H groups in total. The van der Waals surface area contributed by atoms with E-state index in [4.69, 9.17) is 11.6 Å². The molecule has 0 aliphatic carbocycles. The minimum atomic E-state index is 0.0561. The number of hydrogen-bond donors (Lipinski definition) is 0. The Hall–Kier alpha value is -3.91. The van der Waals surface area contributed by atoms with Crippen LogP contribution in [0.25, 0.3) is 11.2 Å². The van der Waals surface area contributed by atoms with Crippen LogP contribution in [0.1, 0.15) is 30.0 Å². The molecule has 2 amide bonds. The van der Waals surface area contributed by atoms with E-state index in [-0.39, 0.29) is 24.4 Å². The van der Waals surface area contributed by atoms with Gasteiger partial charge in [-0.3, -0.25) is 9.59 Å². The van der Waals surface area contributed by atoms with Gasteiger partial charge in [0.05, 0.1) is 6.33 Å². The molecule has 0 unspecified atom stereocenters. The van der Waals surface area contributed by atoms with E-state index >= 15 is 0 Å². The highest BCUT2D eigenvalue weighted by atomic mass is 35.5. The first-order chi connectivity index (χ1) is 19.5. The van der Waals surface area contributed by atoms with E-state index < -0.39 is 0 Å². The van der Waals surface area contributed by atoms with Crippen molar-refractivity contribution < 1.29 is 9.59 Å². The maximum absolute atomic E-state index is 13.3. The number of piperazine rings is 1. The number of halogens is 1. The van der Waals surface area contributed by atoms with Gasteiger partial charge >= 0.3 is 0 Å². The van der Waals surface area contributed by atoms with Crippen LogP contribution in [0.3, 0.4) is 0 Å². The van der Waals surface area contributed by atoms with Gasteiger partial charge in [0.15, 0.2) is 5.65 Å². The summed E-state index contributed by atoms with van der Waals surface area (Å²) >= 11 is 6.00. The highest BCUT2D eigenvalue weighted by Crippen LogP contribution is 2.31. The Morgan fingerprint density at radius 2 is 1.82 bits per heavy atom. The summed E-state index contributed by atoms with van der Waals surface area (Å²) in [5, 5.41) is 0.707. The average molecular weight is 557 g/mol. The van der Waals surface area contributed by atoms with E-state index in [9.17, 15) is 9.59 Å². The second kappa shape index (κ2) is 11.3. The van der Waals surface area contributed by atoms with Crippen LogP contribution in [-0.2, 0) is 35.5 Å². The van der Waals surface area contributed by atoms with Crippen molar-refractivity contribution in [3.8, 4) is 0 Å². The minimum Gasteiger partial charge on any atom is -0.367 e. The molecule has 2 aromatic carbocycles. The Bertz CT molecular complexity index is 1530. The van der Waals surface area contributed by atoms with Gasteiger partial charge in [-0.2, -0.15) is 0 Å². The molecule has 2 aromatic heterocycles. The second-order valence-corrected chi connectivity index (χ2v) is 11.1. The molecule has 0 spiro atoms. The topological polar surface area (TPSA) is 74.6 Å². The molecule has 9 heteroatoms. The van der Waals surface area contributed by atoms with Crippen molar-refractivity contribution in [2.45, 2.75) is 45.3 Å². The predicted octanol–water partition coefficient (Wildman–Crippen LogP) is 4.34. The molecule has 0 radical (unpaired) electrons. The van der Waals surface area contributed by atoms with Gasteiger partial charge in [-0.25, -0.2) is 9.97 Å². The maximum atomic E-state index is 13.3. The highest BCUT2D eigenvalue weighted by Gasteiger charge is 2.31. The Labute approximate surface area is 239 Å². The third-order valence-electron chi connectivity index (χ3n) is 8.11. The lowest BCUT2D eigenvalue weighted by molar-refractivity contribution is -0.134. The van der Waals surface area contributed by atoms with Gasteiger partial charge in [-0.1, -0.05) is 35.9 Å². The minimum absolute atomic E-state index is 0.0561. The molecule has 0 saturated carbocycles. The summed E-state index contributed by atoms with van der Waals surface area (Å²) in [6, 6.07) is 18.0. The normalized spacial score (nSPS) is 17.2. The molecule has 8 nitrogen and oxygen atoms in total. The van der Waals surface area contributed by atoms with E-state index in [0.717, 1.165) is 42.8 Å². The van der Waals surface area contributed by atoms with Gasteiger partial charge < -0.3 is 19.3 Å². The number of carbonyl (C=O) groups excluding carboxylic acids is 2. The number of carbonyl (C=O) groups is 2. The van der Waals surface area contributed by atoms with Crippen molar-refractivity contribution in [1.29, 1.82) is 0 Å². The molecule has 6 rings (SSSR count). The van der Waals surface area contributed by atoms with E-state index in [1.54, 1.807) is 12.5 Å². The van der Waals surface area contributed by atoms with Gasteiger partial charge in [0.2, 0.25) is 11.8 Å². The number of fused-ring (bicyclic) bond motifs is 2. The lowest BCUT2D eigenvalue weighted by atomic mass is 9.96. The average Bonchev–Trinajstić information content (AvgIpc) is 3.38. The Morgan fingerprint density at radius 1 is 0.975 bits per heavy atom. The van der Waals surface area contributed by atoms with Gasteiger partial charge in [0.25, 0.3) is 0 Å². The van der Waals surface area contributed by atoms with Crippen LogP contribution in [0.4, 0.5) is 5.69 Å². The Balaban J connectivity index is 1.10. The zero-order valence-electron chi connectivity index (χ0n) is 22.7. The number of benzene rings is 2. The van der Waals surface area contributed by atoms with Gasteiger partial charge in [-0.05, 0) is 66.8 Å². The zero-order chi connectivity index (χ0) is 27.6. The molecule has 206 valence electrons. The Morgan fingerprint density at radius 3 is 2.65 bits per heavy atom. The molecule has 1 fully saturated rings. The van der Waals surface area contributed by atoms with E-state index in [1.165, 1.54) is 16.8 Å². The van der Waals surface area contributed by atoms with E-state index in [0.29, 0.717) is 31.0 Å². The molecular weight excluding hydrogens is 524 g/mol. The number of rotatable bonds is 6. The lowest BCUT2D eigenvalue weighted by Gasteiger charge is -2.42. The summed E-state index contributed by atoms with van der Waals surface area (Å²) in [6.07, 6.45) is 5.46. The van der Waals surface area contributed by atoms with Crippen LogP contribution in [0, 0.1) is 0 Å². The van der Waals surface area contributed by atoms with Crippen LogP contribution >= 0.6 is 11.6 Å². The molecule has 4 aromatic rings. The summed E-state index contributed by atoms with van der Waals surface area (Å²) in [4.78, 5) is 41.5. The van der Waals surface area contributed by atoms with Crippen molar-refractivity contribution in [2.75, 3.05) is 31.1 Å². The first-order valence-corrected chi connectivity index (χ1v) is 14.3. The second-order valence-electron chi connectivity index (χ2n) is 10.7. The summed E-state index contributed by atoms with van der Waals surface area (Å²) in [5.74, 6) is 0.255. The fraction of sp³-hybridized carbons (Fsp3) is 0.355. The van der Waals surface area contributed by atoms with Gasteiger partial charge in [0.1, 0.15) is 12.1 Å². The van der Waals surface area contributed by atoms with Crippen LogP contribution in [-0.4, -0.2) is 68.4 Å². The summed E-state index contributed by atoms with van der Waals surface area (Å²) in [5.41, 5.74) is 6.36. The van der Waals surface area contributed by atoms with Crippen LogP contribution in [0.5, 0.6) is 0 Å². The van der Waals surface area contributed by atoms with E-state index in [1.807, 2.05) is 50.8 Å². The molecule has 4 heterocycles. The van der Waals surface area contributed by atoms with Crippen molar-refractivity contribution in [3.63, 3.8) is 0 Å². The molecule has 1 atom stereocenters. The number of hydrogen-bond acceptors (Lipinski definition) is 5. The maximum Gasteiger partial charge on any atom is 0.242 e. The fourth-order valence-electron chi connectivity index (χ4n) is 5.93. The largest absolute Gasteiger partial charge is 0.367 e. The number of aryl methyl sites for hydroxylation is 1. The highest BCUT2D eigenvalue weighted by molar-refractivity contribution is 6.30. The number of nitrogens with zero attached hydrogens (tertiary/aromatic N) is 6. The number of aromatic nitrogens is 3. The Kier molecular flexibility index (Phi) is 7.43. The van der Waals surface area contributed by atoms with Gasteiger partial charge in [0, 0.05) is 62.1 Å². The molecule has 2 aliphatic rings. The molecule has 40 heavy (non-hydrogen) atoms. The number of anilines is 1. The molecule has 2 aliphatic heterocycles. The number of amides is 2. The van der Waals surface area contributed by atoms with Crippen molar-refractivity contribution >= 4 is 40.3 Å². The third-order valence-corrected chi connectivity index (χ3v) is 8.36. The molecule has 1 saturated heterocycles. The predicted molar refractivity (Wildman–Crippen MR) is 156 cm³/mol. The monoisotopic (exact) mass is 556 g/mol. The number of imidazole rings is 1. The van der Waals surface area contributed by atoms with Crippen molar-refractivity contribution in [2.24, 2.45) is 0 Å². The van der Waals surface area contributed by atoms with Crippen molar-refractivity contribution in [3.05, 3.63) is 88.8 Å². The molecule has 0 bridgehead atoms. The number of pyridine rings is 1.